The largest absolute Gasteiger partial charge is 0.397 e. The van der Waals surface area contributed by atoms with Crippen LogP contribution in [0.4, 0.5) is 39.3 Å². The molecule has 6 unspecified atom stereocenters. The Kier molecular flexibility index (Phi) is 25.6. The van der Waals surface area contributed by atoms with Crippen LogP contribution < -0.4 is 51.1 Å². The molecule has 132 heavy (non-hydrogen) atoms. The Morgan fingerprint density at radius 2 is 0.894 bits per heavy atom. The van der Waals surface area contributed by atoms with Gasteiger partial charge in [-0.25, -0.2) is 48.8 Å². The minimum absolute atomic E-state index is 0.0134. The lowest BCUT2D eigenvalue weighted by molar-refractivity contribution is -0.183. The van der Waals surface area contributed by atoms with E-state index in [2.05, 4.69) is 124 Å². The summed E-state index contributed by atoms with van der Waals surface area (Å²) in [5.74, 6) is -0.370. The van der Waals surface area contributed by atoms with Crippen molar-refractivity contribution in [2.45, 2.75) is 148 Å². The van der Waals surface area contributed by atoms with Gasteiger partial charge in [-0.1, -0.05) is 49.0 Å². The first-order chi connectivity index (χ1) is 62.8. The SMILES string of the molecule is Nc1nc2c(ncn2[C@@H]2O[C@@H]3COP(=S)(S)O[C@H]4C[C@H](c5cnc6c(N)ccnn56)O[C@@H]4COP(=S)(S)O[C@@H]2C3)c(=O)[nH]1.Nc1nc2c(ncn2[C@@H]2O[C@@H]3COP(=S)(S)O[C@H]4[C@H]5OC[C@]4(COP(O)(=S)O[C@@H]2[C@H]3F)O[C@H]5n2cnc3c(N)ccnc32)c(=O)[nH]1.Nc1nc2c(ncn2[C@@H]2O[C@@H]3COP(O)(=S)O[C@H]4C[C@H](n5cnc6c(N)ccnc65)O[C@@H]4COP(=S)(S)O[C@@H]2C3)c(=O)[nH]1. The van der Waals surface area contributed by atoms with Gasteiger partial charge >= 0.3 is 13.4 Å². The molecule has 10 fully saturated rings. The van der Waals surface area contributed by atoms with Gasteiger partial charge in [0.2, 0.25) is 40.6 Å². The number of H-pyrrole nitrogens is 3. The van der Waals surface area contributed by atoms with Crippen LogP contribution >= 0.6 is 85.2 Å². The minimum atomic E-state index is -4.25. The number of imidazole rings is 6. The number of hydrogen-bond acceptors (Lipinski definition) is 46. The van der Waals surface area contributed by atoms with Crippen molar-refractivity contribution in [2.75, 3.05) is 80.7 Å². The van der Waals surface area contributed by atoms with Crippen molar-refractivity contribution in [1.82, 2.24) is 102 Å². The molecule has 706 valence electrons. The molecule has 68 heteroatoms. The number of pyridine rings is 2. The first-order valence-electron chi connectivity index (χ1n) is 39.3. The van der Waals surface area contributed by atoms with E-state index in [1.54, 1.807) is 61.3 Å². The van der Waals surface area contributed by atoms with Gasteiger partial charge in [0.1, 0.15) is 77.8 Å². The van der Waals surface area contributed by atoms with E-state index in [0.717, 1.165) is 0 Å². The van der Waals surface area contributed by atoms with E-state index in [9.17, 15) is 24.2 Å². The number of nitrogens with zero attached hydrogens (tertiary/aromatic N) is 18. The summed E-state index contributed by atoms with van der Waals surface area (Å²) in [5, 5.41) is 4.37. The summed E-state index contributed by atoms with van der Waals surface area (Å²) in [4.78, 5) is 113. The van der Waals surface area contributed by atoms with Crippen molar-refractivity contribution in [3.05, 3.63) is 111 Å². The van der Waals surface area contributed by atoms with Gasteiger partial charge in [-0.15, -0.1) is 0 Å². The normalized spacial score (nSPS) is 36.9. The fraction of sp³-hybridized carbons (Fsp3) is 0.484. The van der Waals surface area contributed by atoms with Crippen LogP contribution in [-0.4, -0.2) is 243 Å². The van der Waals surface area contributed by atoms with Crippen molar-refractivity contribution in [1.29, 1.82) is 0 Å². The van der Waals surface area contributed by atoms with E-state index in [-0.39, 0.29) is 97.2 Å². The van der Waals surface area contributed by atoms with Gasteiger partial charge in [0.25, 0.3) is 16.7 Å². The Labute approximate surface area is 790 Å². The van der Waals surface area contributed by atoms with Crippen LogP contribution in [0.5, 0.6) is 0 Å². The van der Waals surface area contributed by atoms with Crippen molar-refractivity contribution in [3.8, 4) is 0 Å². The maximum absolute atomic E-state index is 16.0. The van der Waals surface area contributed by atoms with Crippen LogP contribution in [-0.2, 0) is 158 Å². The summed E-state index contributed by atoms with van der Waals surface area (Å²) in [7, 11) is 0. The zero-order valence-corrected chi connectivity index (χ0v) is 80.7. The molecule has 22 heterocycles. The summed E-state index contributed by atoms with van der Waals surface area (Å²) in [6, 6.07) is 4.95. The summed E-state index contributed by atoms with van der Waals surface area (Å²) < 4.78 is 141. The first-order valence-corrected chi connectivity index (χ1v) is 59.7. The van der Waals surface area contributed by atoms with Crippen molar-refractivity contribution < 1.29 is 102 Å². The number of ether oxygens (including phenoxy) is 7. The third-order valence-electron chi connectivity index (χ3n) is 22.5. The van der Waals surface area contributed by atoms with Crippen LogP contribution in [0.15, 0.2) is 89.0 Å². The highest BCUT2D eigenvalue weighted by Crippen LogP contribution is 2.65. The Bertz CT molecular complexity index is 6810. The molecule has 10 aliphatic heterocycles. The molecule has 0 aromatic carbocycles. The molecule has 22 rings (SSSR count). The van der Waals surface area contributed by atoms with Crippen LogP contribution in [0, 0.1) is 0 Å². The van der Waals surface area contributed by atoms with E-state index in [1.165, 1.54) is 40.6 Å². The molecule has 10 aliphatic rings. The van der Waals surface area contributed by atoms with E-state index in [0.29, 0.717) is 63.6 Å². The number of halogens is 1. The molecular formula is C64H74FN27O24P6S10. The molecule has 12 aromatic heterocycles. The maximum atomic E-state index is 16.0. The summed E-state index contributed by atoms with van der Waals surface area (Å²) in [6.07, 6.45) is -1.91. The molecule has 0 spiro atoms. The zero-order chi connectivity index (χ0) is 92.4. The number of nitrogen functional groups attached to an aromatic ring is 6. The number of nitrogens with two attached hydrogens (primary N) is 6. The van der Waals surface area contributed by atoms with Gasteiger partial charge < -0.3 is 127 Å². The number of thiol groups is 4. The lowest BCUT2D eigenvalue weighted by Gasteiger charge is -2.33. The number of fused-ring (bicyclic) bond motifs is 14. The topological polar surface area (TPSA) is 654 Å². The van der Waals surface area contributed by atoms with Crippen molar-refractivity contribution >= 4 is 252 Å². The highest BCUT2D eigenvalue weighted by atomic mass is 32.9. The zero-order valence-electron chi connectivity index (χ0n) is 66.9. The third-order valence-corrected chi connectivity index (χ3v) is 34.5. The molecule has 10 saturated heterocycles. The predicted octanol–water partition coefficient (Wildman–Crippen LogP) is 4.58. The van der Waals surface area contributed by atoms with Crippen molar-refractivity contribution in [2.24, 2.45) is 0 Å². The third kappa shape index (κ3) is 18.6. The maximum Gasteiger partial charge on any atom is 0.325 e. The van der Waals surface area contributed by atoms with E-state index in [1.807, 2.05) is 0 Å². The number of hydrogen-bond donors (Lipinski definition) is 15. The molecule has 51 nitrogen and oxygen atoms in total. The van der Waals surface area contributed by atoms with Gasteiger partial charge in [-0.2, -0.15) is 20.1 Å². The minimum Gasteiger partial charge on any atom is -0.397 e. The van der Waals surface area contributed by atoms with Gasteiger partial charge in [-0.05, 0) is 89.0 Å². The fourth-order valence-corrected chi connectivity index (χ4v) is 27.7. The molecule has 26 atom stereocenters. The lowest BCUT2D eigenvalue weighted by atomic mass is 10.0. The van der Waals surface area contributed by atoms with Crippen LogP contribution in [0.25, 0.3) is 61.5 Å². The Hall–Kier alpha value is -5.90. The number of rotatable bonds is 6. The Balaban J connectivity index is 0.000000123. The Morgan fingerprint density at radius 3 is 1.46 bits per heavy atom. The summed E-state index contributed by atoms with van der Waals surface area (Å²) in [6.45, 7) is -9.11. The molecule has 0 aliphatic carbocycles. The van der Waals surface area contributed by atoms with Gasteiger partial charge in [-0.3, -0.25) is 56.7 Å². The number of alkyl halides is 1. The predicted molar refractivity (Wildman–Crippen MR) is 499 cm³/mol. The van der Waals surface area contributed by atoms with E-state index >= 15 is 4.39 Å². The van der Waals surface area contributed by atoms with E-state index in [4.69, 9.17) is 193 Å². The van der Waals surface area contributed by atoms with Gasteiger partial charge in [0, 0.05) is 38.1 Å². The number of nitrogens with one attached hydrogen (secondary N) is 3. The second kappa shape index (κ2) is 36.1. The number of aromatic nitrogens is 21. The smallest absolute Gasteiger partial charge is 0.325 e. The van der Waals surface area contributed by atoms with Crippen LogP contribution in [0.3, 0.4) is 0 Å². The molecule has 0 saturated carbocycles. The van der Waals surface area contributed by atoms with Crippen molar-refractivity contribution in [3.63, 3.8) is 0 Å². The molecule has 12 aromatic rings. The summed E-state index contributed by atoms with van der Waals surface area (Å²) in [5.41, 5.74) is 24.5. The standard InChI is InChI=1S/C22H24FN9O9P2S3.C21H25N9O8P2S3.C21H25N9O7P2S4/c23-10-9-3-36-43(45,46)41-15-14-20(31-6-27-11-8(24)1-2-26-16(11)31)39-22(15,4-35-14)5-37-42(34,44)40-13(10)19(38-9)32-7-28-12-17(32)29-21(25)30-18(12)33;22-10-1-2-24-17-15(10)25-7-29(17)14-4-11-13(36-14)6-34-40(42,43)38-12-3-9(5-33-39(32,41)37-11)35-20(12)30-8-26-16-18(30)27-21(23)28-19(16)31;22-10-1-2-26-30-11(5-24-17(10)30)12-4-13-15(35-12)7-33-39(42,43)37-14-3-9(6-32-38(40,41)36-13)34-20(14)29-8-25-16-18(29)27-21(23)28-19(16)31/h1-2,6-7,9-10,13-15,19-20H,3-5H2,(H2,24,26)(H,34,44)(H,45,46)(H3,25,29,30,33);1-2,7-9,11-14,20H,3-6H2,(H2,22,24)(H,32,41)(H,42,43)(H3,23,27,28,31);1-2,5,8-9,12-15,20H,3-4,6-7,22H2,(H,40,41)(H,42,43)(H3,23,27,28,31)/t9-,10+,13-,14-,15+,19-,20-,22-,42?;9-,11-,12+,13+,14+,20+,39?;9-,12+,13-,14+,15+,20+/m100/s1. The van der Waals surface area contributed by atoms with E-state index < -0.39 is 188 Å². The average molecular weight is 2130 g/mol. The fourth-order valence-electron chi connectivity index (χ4n) is 16.7. The molecule has 0 radical (unpaired) electrons. The second-order valence-electron chi connectivity index (χ2n) is 31.1. The first kappa shape index (κ1) is 93.7. The highest BCUT2D eigenvalue weighted by molar-refractivity contribution is 8.61. The molecule has 8 bridgehead atoms. The second-order valence-corrected chi connectivity index (χ2v) is 57.6. The number of anilines is 6. The quantitative estimate of drug-likeness (QED) is 0.0800. The van der Waals surface area contributed by atoms with Crippen LogP contribution in [0.2, 0.25) is 0 Å². The monoisotopic (exact) mass is 2130 g/mol. The highest BCUT2D eigenvalue weighted by Gasteiger charge is 2.66. The van der Waals surface area contributed by atoms with Crippen LogP contribution in [0.1, 0.15) is 68.6 Å². The molecular weight excluding hydrogens is 2060 g/mol. The van der Waals surface area contributed by atoms with Gasteiger partial charge in [0.05, 0.1) is 137 Å². The number of aromatic amines is 3. The average Bonchev–Trinajstić information content (AvgIpc) is 1.55. The molecule has 0 amide bonds. The summed E-state index contributed by atoms with van der Waals surface area (Å²) >= 11 is 51.6. The molecule has 17 N–H and O–H groups in total. The Morgan fingerprint density at radius 1 is 0.432 bits per heavy atom. The van der Waals surface area contributed by atoms with Gasteiger partial charge in [0.15, 0.2) is 81.5 Å². The lowest BCUT2D eigenvalue weighted by Crippen LogP contribution is -2.45.